The second-order valence-electron chi connectivity index (χ2n) is 4.62. The van der Waals surface area contributed by atoms with Gasteiger partial charge in [0.05, 0.1) is 12.7 Å². The second kappa shape index (κ2) is 6.48. The highest BCUT2D eigenvalue weighted by atomic mass is 19.1. The van der Waals surface area contributed by atoms with E-state index in [0.717, 1.165) is 18.5 Å². The Balaban J connectivity index is 2.06. The highest BCUT2D eigenvalue weighted by molar-refractivity contribution is 5.17. The van der Waals surface area contributed by atoms with Crippen molar-refractivity contribution in [1.29, 1.82) is 0 Å². The zero-order valence-corrected chi connectivity index (χ0v) is 11.4. The number of hydrogen-bond donors (Lipinski definition) is 1. The molecule has 1 aromatic carbocycles. The minimum absolute atomic E-state index is 0.205. The van der Waals surface area contributed by atoms with E-state index < -0.39 is 0 Å². The predicted molar refractivity (Wildman–Crippen MR) is 74.4 cm³/mol. The first-order valence-electron chi connectivity index (χ1n) is 6.73. The monoisotopic (exact) mass is 261 g/mol. The molecule has 4 heteroatoms. The van der Waals surface area contributed by atoms with E-state index in [9.17, 15) is 4.39 Å². The molecule has 1 aromatic heterocycles. The Morgan fingerprint density at radius 3 is 2.63 bits per heavy atom. The molecule has 2 rings (SSSR count). The van der Waals surface area contributed by atoms with Crippen LogP contribution in [0.25, 0.3) is 0 Å². The summed E-state index contributed by atoms with van der Waals surface area (Å²) in [4.78, 5) is 0. The van der Waals surface area contributed by atoms with Gasteiger partial charge in [-0.1, -0.05) is 26.0 Å². The molecule has 0 bridgehead atoms. The number of hydrogen-bond acceptors (Lipinski definition) is 2. The Kier molecular flexibility index (Phi) is 4.68. The first kappa shape index (κ1) is 13.7. The molecule has 1 atom stereocenters. The molecule has 0 radical (unpaired) electrons. The topological polar surface area (TPSA) is 29.9 Å². The van der Waals surface area contributed by atoms with E-state index in [4.69, 9.17) is 0 Å². The van der Waals surface area contributed by atoms with Gasteiger partial charge in [-0.25, -0.2) is 4.39 Å². The normalized spacial score (nSPS) is 12.6. The first-order chi connectivity index (χ1) is 9.22. The maximum absolute atomic E-state index is 12.8. The van der Waals surface area contributed by atoms with Gasteiger partial charge in [-0.15, -0.1) is 0 Å². The standard InChI is InChI=1S/C15H20FN3/c1-3-15(17-4-2)13-9-18-19(11-13)10-12-5-7-14(16)8-6-12/h5-9,11,15,17H,3-4,10H2,1-2H3. The van der Waals surface area contributed by atoms with Crippen LogP contribution in [0, 0.1) is 5.82 Å². The minimum atomic E-state index is -0.205. The molecule has 0 amide bonds. The molecule has 2 aromatic rings. The van der Waals surface area contributed by atoms with Crippen molar-refractivity contribution in [2.45, 2.75) is 32.9 Å². The average Bonchev–Trinajstić information content (AvgIpc) is 2.87. The van der Waals surface area contributed by atoms with E-state index in [1.165, 1.54) is 17.7 Å². The summed E-state index contributed by atoms with van der Waals surface area (Å²) >= 11 is 0. The van der Waals surface area contributed by atoms with Crippen molar-refractivity contribution in [3.63, 3.8) is 0 Å². The van der Waals surface area contributed by atoms with Gasteiger partial charge in [0.1, 0.15) is 5.82 Å². The molecule has 0 aliphatic rings. The SMILES string of the molecule is CCNC(CC)c1cnn(Cc2ccc(F)cc2)c1. The maximum atomic E-state index is 12.8. The molecular formula is C15H20FN3. The van der Waals surface area contributed by atoms with E-state index >= 15 is 0 Å². The van der Waals surface area contributed by atoms with Gasteiger partial charge in [0.2, 0.25) is 0 Å². The van der Waals surface area contributed by atoms with Crippen molar-refractivity contribution in [3.8, 4) is 0 Å². The lowest BCUT2D eigenvalue weighted by atomic mass is 10.1. The lowest BCUT2D eigenvalue weighted by Crippen LogP contribution is -2.19. The molecule has 1 heterocycles. The zero-order chi connectivity index (χ0) is 13.7. The van der Waals surface area contributed by atoms with Crippen LogP contribution in [-0.4, -0.2) is 16.3 Å². The molecule has 1 N–H and O–H groups in total. The number of aromatic nitrogens is 2. The van der Waals surface area contributed by atoms with E-state index in [1.54, 1.807) is 12.1 Å². The molecule has 0 saturated heterocycles. The summed E-state index contributed by atoms with van der Waals surface area (Å²) in [5, 5.41) is 7.80. The van der Waals surface area contributed by atoms with E-state index in [0.29, 0.717) is 12.6 Å². The molecule has 0 fully saturated rings. The molecule has 3 nitrogen and oxygen atoms in total. The summed E-state index contributed by atoms with van der Waals surface area (Å²) < 4.78 is 14.7. The summed E-state index contributed by atoms with van der Waals surface area (Å²) in [6, 6.07) is 6.89. The van der Waals surface area contributed by atoms with E-state index in [-0.39, 0.29) is 5.82 Å². The number of nitrogens with one attached hydrogen (secondary N) is 1. The van der Waals surface area contributed by atoms with Crippen LogP contribution in [0.15, 0.2) is 36.7 Å². The molecule has 19 heavy (non-hydrogen) atoms. The van der Waals surface area contributed by atoms with Crippen LogP contribution in [0.4, 0.5) is 4.39 Å². The van der Waals surface area contributed by atoms with Crippen molar-refractivity contribution in [2.75, 3.05) is 6.54 Å². The Bertz CT molecular complexity index is 504. The van der Waals surface area contributed by atoms with Crippen molar-refractivity contribution in [2.24, 2.45) is 0 Å². The van der Waals surface area contributed by atoms with Crippen LogP contribution in [0.5, 0.6) is 0 Å². The fourth-order valence-corrected chi connectivity index (χ4v) is 2.17. The van der Waals surface area contributed by atoms with Crippen LogP contribution in [0.3, 0.4) is 0 Å². The van der Waals surface area contributed by atoms with Crippen molar-refractivity contribution in [3.05, 3.63) is 53.6 Å². The molecule has 102 valence electrons. The van der Waals surface area contributed by atoms with Crippen LogP contribution < -0.4 is 5.32 Å². The predicted octanol–water partition coefficient (Wildman–Crippen LogP) is 3.13. The molecule has 0 spiro atoms. The molecular weight excluding hydrogens is 241 g/mol. The van der Waals surface area contributed by atoms with Crippen LogP contribution in [-0.2, 0) is 6.54 Å². The molecule has 0 aliphatic carbocycles. The summed E-state index contributed by atoms with van der Waals surface area (Å²) in [5.41, 5.74) is 2.25. The number of rotatable bonds is 6. The zero-order valence-electron chi connectivity index (χ0n) is 11.4. The van der Waals surface area contributed by atoms with Crippen LogP contribution in [0.1, 0.15) is 37.4 Å². The van der Waals surface area contributed by atoms with E-state index in [1.807, 2.05) is 10.9 Å². The third-order valence-electron chi connectivity index (χ3n) is 3.17. The summed E-state index contributed by atoms with van der Waals surface area (Å²) in [6.45, 7) is 5.88. The van der Waals surface area contributed by atoms with Gasteiger partial charge in [-0.3, -0.25) is 4.68 Å². The van der Waals surface area contributed by atoms with Crippen molar-refractivity contribution >= 4 is 0 Å². The van der Waals surface area contributed by atoms with Crippen LogP contribution in [0.2, 0.25) is 0 Å². The summed E-state index contributed by atoms with van der Waals surface area (Å²) in [6.07, 6.45) is 5.00. The highest BCUT2D eigenvalue weighted by Gasteiger charge is 2.10. The van der Waals surface area contributed by atoms with Crippen molar-refractivity contribution in [1.82, 2.24) is 15.1 Å². The van der Waals surface area contributed by atoms with Gasteiger partial charge in [0.25, 0.3) is 0 Å². The van der Waals surface area contributed by atoms with Gasteiger partial charge < -0.3 is 5.32 Å². The maximum Gasteiger partial charge on any atom is 0.123 e. The van der Waals surface area contributed by atoms with Gasteiger partial charge in [-0.05, 0) is 30.7 Å². The lowest BCUT2D eigenvalue weighted by molar-refractivity contribution is 0.536. The summed E-state index contributed by atoms with van der Waals surface area (Å²) in [5.74, 6) is -0.205. The van der Waals surface area contributed by atoms with Gasteiger partial charge in [0.15, 0.2) is 0 Å². The van der Waals surface area contributed by atoms with Gasteiger partial charge >= 0.3 is 0 Å². The lowest BCUT2D eigenvalue weighted by Gasteiger charge is -2.13. The Morgan fingerprint density at radius 1 is 1.26 bits per heavy atom. The Labute approximate surface area is 113 Å². The average molecular weight is 261 g/mol. The number of halogens is 1. The van der Waals surface area contributed by atoms with Crippen LogP contribution >= 0.6 is 0 Å². The minimum Gasteiger partial charge on any atom is -0.310 e. The van der Waals surface area contributed by atoms with E-state index in [2.05, 4.69) is 30.5 Å². The first-order valence-corrected chi connectivity index (χ1v) is 6.73. The third-order valence-corrected chi connectivity index (χ3v) is 3.17. The van der Waals surface area contributed by atoms with Gasteiger partial charge in [0, 0.05) is 17.8 Å². The Hall–Kier alpha value is -1.68. The molecule has 0 saturated carbocycles. The van der Waals surface area contributed by atoms with Crippen molar-refractivity contribution < 1.29 is 4.39 Å². The quantitative estimate of drug-likeness (QED) is 0.865. The highest BCUT2D eigenvalue weighted by Crippen LogP contribution is 2.16. The fourth-order valence-electron chi connectivity index (χ4n) is 2.17. The smallest absolute Gasteiger partial charge is 0.123 e. The fraction of sp³-hybridized carbons (Fsp3) is 0.400. The Morgan fingerprint density at radius 2 is 2.00 bits per heavy atom. The van der Waals surface area contributed by atoms with Gasteiger partial charge in [-0.2, -0.15) is 5.10 Å². The molecule has 0 aliphatic heterocycles. The molecule has 1 unspecified atom stereocenters. The third kappa shape index (κ3) is 3.64. The largest absolute Gasteiger partial charge is 0.310 e. The number of nitrogens with zero attached hydrogens (tertiary/aromatic N) is 2. The number of benzene rings is 1. The second-order valence-corrected chi connectivity index (χ2v) is 4.62. The summed E-state index contributed by atoms with van der Waals surface area (Å²) in [7, 11) is 0.